The van der Waals surface area contributed by atoms with Crippen molar-refractivity contribution in [1.82, 2.24) is 20.0 Å². The largest absolute Gasteiger partial charge is 0.378 e. The minimum atomic E-state index is -0.593. The number of morpholine rings is 1. The van der Waals surface area contributed by atoms with Gasteiger partial charge in [0.05, 0.1) is 29.2 Å². The molecule has 2 saturated heterocycles. The highest BCUT2D eigenvalue weighted by atomic mass is 32.1. The number of hydrogen-bond acceptors (Lipinski definition) is 7. The highest BCUT2D eigenvalue weighted by Gasteiger charge is 2.27. The highest BCUT2D eigenvalue weighted by Crippen LogP contribution is 2.32. The lowest BCUT2D eigenvalue weighted by molar-refractivity contribution is 0.0951. The monoisotopic (exact) mass is 497 g/mol. The quantitative estimate of drug-likeness (QED) is 0.544. The van der Waals surface area contributed by atoms with Crippen LogP contribution in [-0.4, -0.2) is 60.7 Å². The minimum absolute atomic E-state index is 0.000303. The summed E-state index contributed by atoms with van der Waals surface area (Å²) in [6.07, 6.45) is 7.47. The molecule has 2 aliphatic heterocycles. The third-order valence-electron chi connectivity index (χ3n) is 6.46. The first kappa shape index (κ1) is 23.7. The molecule has 2 aliphatic rings. The highest BCUT2D eigenvalue weighted by molar-refractivity contribution is 7.19. The zero-order valence-corrected chi connectivity index (χ0v) is 20.4. The van der Waals surface area contributed by atoms with Crippen LogP contribution in [0.2, 0.25) is 0 Å². The number of carbonyl (C=O) groups is 1. The number of rotatable bonds is 6. The third kappa shape index (κ3) is 4.26. The molecule has 0 aliphatic carbocycles. The predicted octanol–water partition coefficient (Wildman–Crippen LogP) is 3.04. The van der Waals surface area contributed by atoms with Gasteiger partial charge in [0, 0.05) is 25.7 Å². The van der Waals surface area contributed by atoms with Gasteiger partial charge in [0.15, 0.2) is 17.3 Å². The average Bonchev–Trinajstić information content (AvgIpc) is 3.52. The Morgan fingerprint density at radius 2 is 2.23 bits per heavy atom. The van der Waals surface area contributed by atoms with Gasteiger partial charge in [-0.05, 0) is 44.5 Å². The van der Waals surface area contributed by atoms with E-state index in [-0.39, 0.29) is 22.8 Å². The zero-order valence-electron chi connectivity index (χ0n) is 19.6. The Morgan fingerprint density at radius 1 is 1.43 bits per heavy atom. The molecular weight excluding hydrogens is 469 g/mol. The number of amides is 1. The lowest BCUT2D eigenvalue weighted by Gasteiger charge is -2.28. The van der Waals surface area contributed by atoms with Crippen LogP contribution in [0.4, 0.5) is 10.2 Å². The number of aromatic nitrogens is 2. The Labute approximate surface area is 206 Å². The summed E-state index contributed by atoms with van der Waals surface area (Å²) < 4.78 is 22.4. The number of allylic oxidation sites excluding steroid dienone is 1. The smallest absolute Gasteiger partial charge is 0.258 e. The second kappa shape index (κ2) is 9.88. The zero-order chi connectivity index (χ0) is 24.5. The molecule has 0 spiro atoms. The molecule has 0 radical (unpaired) electrons. The second-order valence-electron chi connectivity index (χ2n) is 8.67. The molecule has 5 rings (SSSR count). The molecule has 0 bridgehead atoms. The van der Waals surface area contributed by atoms with Gasteiger partial charge in [0.2, 0.25) is 5.43 Å². The van der Waals surface area contributed by atoms with E-state index in [0.717, 1.165) is 30.0 Å². The summed E-state index contributed by atoms with van der Waals surface area (Å²) in [5.41, 5.74) is 0.533. The molecule has 1 atom stereocenters. The SMILES string of the molecule is C=Cc1sc2c(C(=O)NCC3CCCN3)c(=O)c3cc(F)c(N4CCOCC4)nc3n2c1/C=C\C. The summed E-state index contributed by atoms with van der Waals surface area (Å²) in [7, 11) is 0. The van der Waals surface area contributed by atoms with Gasteiger partial charge in [-0.1, -0.05) is 12.7 Å². The van der Waals surface area contributed by atoms with Crippen molar-refractivity contribution >= 4 is 51.1 Å². The molecule has 35 heavy (non-hydrogen) atoms. The van der Waals surface area contributed by atoms with E-state index in [4.69, 9.17) is 4.74 Å². The lowest BCUT2D eigenvalue weighted by atomic mass is 10.1. The minimum Gasteiger partial charge on any atom is -0.378 e. The summed E-state index contributed by atoms with van der Waals surface area (Å²) in [6, 6.07) is 1.39. The Kier molecular flexibility index (Phi) is 6.68. The van der Waals surface area contributed by atoms with Gasteiger partial charge in [-0.15, -0.1) is 11.3 Å². The normalized spacial score (nSPS) is 18.7. The van der Waals surface area contributed by atoms with Crippen LogP contribution in [0.1, 0.15) is 40.7 Å². The van der Waals surface area contributed by atoms with E-state index >= 15 is 4.39 Å². The van der Waals surface area contributed by atoms with Crippen molar-refractivity contribution in [3.63, 3.8) is 0 Å². The summed E-state index contributed by atoms with van der Waals surface area (Å²) in [5.74, 6) is -0.884. The van der Waals surface area contributed by atoms with E-state index in [9.17, 15) is 9.59 Å². The number of fused-ring (bicyclic) bond motifs is 3. The van der Waals surface area contributed by atoms with Crippen molar-refractivity contribution < 1.29 is 13.9 Å². The van der Waals surface area contributed by atoms with Crippen LogP contribution in [0, 0.1) is 5.82 Å². The molecular formula is C25H28FN5O3S. The van der Waals surface area contributed by atoms with Crippen LogP contribution in [-0.2, 0) is 4.74 Å². The first-order chi connectivity index (χ1) is 17.0. The van der Waals surface area contributed by atoms with Crippen molar-refractivity contribution in [1.29, 1.82) is 0 Å². The topological polar surface area (TPSA) is 88.0 Å². The number of hydrogen-bond donors (Lipinski definition) is 2. The van der Waals surface area contributed by atoms with E-state index in [1.165, 1.54) is 17.4 Å². The van der Waals surface area contributed by atoms with Crippen LogP contribution >= 0.6 is 11.3 Å². The predicted molar refractivity (Wildman–Crippen MR) is 138 cm³/mol. The molecule has 0 saturated carbocycles. The van der Waals surface area contributed by atoms with E-state index in [2.05, 4.69) is 22.2 Å². The number of ether oxygens (including phenoxy) is 1. The fourth-order valence-corrected chi connectivity index (χ4v) is 5.85. The number of pyridine rings is 2. The first-order valence-electron chi connectivity index (χ1n) is 11.8. The molecule has 3 aromatic heterocycles. The molecule has 2 N–H and O–H groups in total. The van der Waals surface area contributed by atoms with Gasteiger partial charge in [-0.25, -0.2) is 9.37 Å². The fourth-order valence-electron chi connectivity index (χ4n) is 4.73. The maximum absolute atomic E-state index is 15.3. The molecule has 1 amide bonds. The van der Waals surface area contributed by atoms with E-state index < -0.39 is 17.2 Å². The summed E-state index contributed by atoms with van der Waals surface area (Å²) in [4.78, 5) is 34.7. The molecule has 8 nitrogen and oxygen atoms in total. The number of nitrogens with zero attached hydrogens (tertiary/aromatic N) is 3. The van der Waals surface area contributed by atoms with Gasteiger partial charge < -0.3 is 20.3 Å². The number of thiazole rings is 1. The van der Waals surface area contributed by atoms with Crippen LogP contribution in [0.15, 0.2) is 23.5 Å². The maximum atomic E-state index is 15.3. The van der Waals surface area contributed by atoms with Crippen LogP contribution in [0.3, 0.4) is 0 Å². The van der Waals surface area contributed by atoms with Gasteiger partial charge in [-0.2, -0.15) is 0 Å². The summed E-state index contributed by atoms with van der Waals surface area (Å²) in [6.45, 7) is 9.11. The third-order valence-corrected chi connectivity index (χ3v) is 7.63. The molecule has 5 heterocycles. The van der Waals surface area contributed by atoms with E-state index in [1.54, 1.807) is 10.5 Å². The maximum Gasteiger partial charge on any atom is 0.258 e. The Balaban J connectivity index is 1.74. The van der Waals surface area contributed by atoms with Crippen molar-refractivity contribution in [2.75, 3.05) is 44.3 Å². The Bertz CT molecular complexity index is 1380. The molecule has 10 heteroatoms. The second-order valence-corrected chi connectivity index (χ2v) is 9.70. The van der Waals surface area contributed by atoms with Crippen molar-refractivity contribution in [2.24, 2.45) is 0 Å². The van der Waals surface area contributed by atoms with E-state index in [1.807, 2.05) is 24.0 Å². The number of nitrogens with one attached hydrogen (secondary N) is 2. The fraction of sp³-hybridized carbons (Fsp3) is 0.400. The van der Waals surface area contributed by atoms with Gasteiger partial charge >= 0.3 is 0 Å². The Hall–Kier alpha value is -3.08. The lowest BCUT2D eigenvalue weighted by Crippen LogP contribution is -2.39. The van der Waals surface area contributed by atoms with Gasteiger partial charge in [0.1, 0.15) is 10.4 Å². The first-order valence-corrected chi connectivity index (χ1v) is 12.7. The molecule has 0 aromatic carbocycles. The van der Waals surface area contributed by atoms with Crippen molar-refractivity contribution in [3.8, 4) is 0 Å². The van der Waals surface area contributed by atoms with Crippen molar-refractivity contribution in [2.45, 2.75) is 25.8 Å². The van der Waals surface area contributed by atoms with E-state index in [0.29, 0.717) is 43.3 Å². The standard InChI is InChI=1S/C25H28FN5O3S/c1-3-6-18-19(4-2)35-25-20(24(33)28-14-15-7-5-8-27-15)21(32)16-13-17(26)23(29-22(16)31(18)25)30-9-11-34-12-10-30/h3-4,6,13,15,27H,2,5,7-12,14H2,1H3,(H,28,33)/b6-3-. The van der Waals surface area contributed by atoms with Gasteiger partial charge in [-0.3, -0.25) is 14.0 Å². The number of carbonyl (C=O) groups excluding carboxylic acids is 1. The molecule has 2 fully saturated rings. The molecule has 3 aromatic rings. The summed E-state index contributed by atoms with van der Waals surface area (Å²) >= 11 is 1.30. The van der Waals surface area contributed by atoms with Gasteiger partial charge in [0.25, 0.3) is 5.91 Å². The van der Waals surface area contributed by atoms with Crippen molar-refractivity contribution in [3.05, 3.63) is 50.9 Å². The van der Waals surface area contributed by atoms with Crippen LogP contribution in [0.25, 0.3) is 28.0 Å². The molecule has 1 unspecified atom stereocenters. The van der Waals surface area contributed by atoms with Crippen LogP contribution in [0.5, 0.6) is 0 Å². The summed E-state index contributed by atoms with van der Waals surface area (Å²) in [5, 5.41) is 6.31. The average molecular weight is 498 g/mol. The molecule has 184 valence electrons. The van der Waals surface area contributed by atoms with Crippen LogP contribution < -0.4 is 21.0 Å². The Morgan fingerprint density at radius 3 is 2.91 bits per heavy atom. The number of anilines is 1. The number of halogens is 1.